The Labute approximate surface area is 185 Å². The Kier molecular flexibility index (Phi) is 8.34. The van der Waals surface area contributed by atoms with E-state index in [1.807, 2.05) is 0 Å². The number of hydrogen-bond donors (Lipinski definition) is 0. The molecule has 0 aliphatic carbocycles. The molecule has 164 valence electrons. The van der Waals surface area contributed by atoms with Gasteiger partial charge in [0.15, 0.2) is 11.6 Å². The van der Waals surface area contributed by atoms with E-state index in [0.717, 1.165) is 0 Å². The zero-order valence-corrected chi connectivity index (χ0v) is 18.1. The van der Waals surface area contributed by atoms with Crippen molar-refractivity contribution in [3.05, 3.63) is 45.8 Å². The summed E-state index contributed by atoms with van der Waals surface area (Å²) in [5.41, 5.74) is -1.20. The molecule has 1 aromatic heterocycles. The predicted octanol–water partition coefficient (Wildman–Crippen LogP) is 5.62. The molecular formula is C18H16Cl2F4N2O3S. The molecule has 0 aliphatic heterocycles. The van der Waals surface area contributed by atoms with Crippen LogP contribution in [0.15, 0.2) is 24.4 Å². The third kappa shape index (κ3) is 6.75. The topological polar surface area (TPSA) is 43.8 Å². The lowest BCUT2D eigenvalue weighted by atomic mass is 10.3. The van der Waals surface area contributed by atoms with E-state index >= 15 is 0 Å². The third-order valence-corrected chi connectivity index (χ3v) is 4.46. The average molecular weight is 487 g/mol. The maximum atomic E-state index is 13.7. The minimum Gasteiger partial charge on any atom is -0.490 e. The predicted molar refractivity (Wildman–Crippen MR) is 108 cm³/mol. The second-order valence-corrected chi connectivity index (χ2v) is 7.20. The van der Waals surface area contributed by atoms with Gasteiger partial charge in [-0.1, -0.05) is 23.2 Å². The number of ether oxygens (including phenoxy) is 3. The van der Waals surface area contributed by atoms with Crippen LogP contribution in [0.25, 0.3) is 0 Å². The Morgan fingerprint density at radius 3 is 2.23 bits per heavy atom. The normalized spacial score (nSPS) is 11.2. The summed E-state index contributed by atoms with van der Waals surface area (Å²) < 4.78 is 67.1. The van der Waals surface area contributed by atoms with Crippen LogP contribution in [0.3, 0.4) is 0 Å². The zero-order chi connectivity index (χ0) is 22.5. The monoisotopic (exact) mass is 486 g/mol. The molecule has 0 spiro atoms. The van der Waals surface area contributed by atoms with Crippen LogP contribution in [0.1, 0.15) is 12.0 Å². The van der Waals surface area contributed by atoms with Gasteiger partial charge in [-0.3, -0.25) is 0 Å². The van der Waals surface area contributed by atoms with E-state index in [-0.39, 0.29) is 40.6 Å². The molecule has 0 bridgehead atoms. The van der Waals surface area contributed by atoms with Crippen LogP contribution in [0.4, 0.5) is 17.6 Å². The van der Waals surface area contributed by atoms with Crippen molar-refractivity contribution in [3.8, 4) is 17.4 Å². The fourth-order valence-corrected chi connectivity index (χ4v) is 2.69. The molecule has 0 saturated carbocycles. The van der Waals surface area contributed by atoms with E-state index in [1.165, 1.54) is 12.1 Å². The summed E-state index contributed by atoms with van der Waals surface area (Å²) in [6, 6.07) is 3.29. The van der Waals surface area contributed by atoms with Crippen molar-refractivity contribution in [1.29, 1.82) is 0 Å². The Bertz CT molecular complexity index is 890. The van der Waals surface area contributed by atoms with Crippen LogP contribution in [0.2, 0.25) is 10.0 Å². The van der Waals surface area contributed by atoms with Gasteiger partial charge >= 0.3 is 6.18 Å². The summed E-state index contributed by atoms with van der Waals surface area (Å²) in [5, 5.41) is 0.600. The fourth-order valence-electron chi connectivity index (χ4n) is 2.01. The molecule has 0 saturated heterocycles. The second-order valence-electron chi connectivity index (χ2n) is 6.04. The molecule has 1 heterocycles. The molecule has 5 nitrogen and oxygen atoms in total. The molecule has 30 heavy (non-hydrogen) atoms. The SMILES string of the molecule is CN(C)C(=S)Oc1cc(Cl)c(OCCCOc2ncc(C(F)(F)F)cc2F)c(Cl)c1. The summed E-state index contributed by atoms with van der Waals surface area (Å²) in [6.45, 7) is 0.0425. The number of rotatable bonds is 7. The molecule has 0 unspecified atom stereocenters. The number of halogens is 6. The van der Waals surface area contributed by atoms with E-state index in [2.05, 4.69) is 4.98 Å². The van der Waals surface area contributed by atoms with Crippen molar-refractivity contribution in [2.75, 3.05) is 27.3 Å². The minimum absolute atomic E-state index is 0.0528. The van der Waals surface area contributed by atoms with Crippen molar-refractivity contribution in [2.24, 2.45) is 0 Å². The van der Waals surface area contributed by atoms with Gasteiger partial charge in [0.25, 0.3) is 5.17 Å². The number of aromatic nitrogens is 1. The van der Waals surface area contributed by atoms with Gasteiger partial charge in [0.1, 0.15) is 5.75 Å². The van der Waals surface area contributed by atoms with E-state index < -0.39 is 23.4 Å². The van der Waals surface area contributed by atoms with Crippen LogP contribution in [0.5, 0.6) is 17.4 Å². The van der Waals surface area contributed by atoms with Crippen molar-refractivity contribution < 1.29 is 31.8 Å². The molecule has 0 fully saturated rings. The highest BCUT2D eigenvalue weighted by Gasteiger charge is 2.32. The number of hydrogen-bond acceptors (Lipinski definition) is 5. The van der Waals surface area contributed by atoms with Gasteiger partial charge in [-0.2, -0.15) is 13.2 Å². The molecule has 0 N–H and O–H groups in total. The highest BCUT2D eigenvalue weighted by molar-refractivity contribution is 7.80. The number of pyridine rings is 1. The number of thiocarbonyl (C=S) groups is 1. The van der Waals surface area contributed by atoms with Crippen molar-refractivity contribution in [2.45, 2.75) is 12.6 Å². The van der Waals surface area contributed by atoms with Gasteiger partial charge in [-0.15, -0.1) is 0 Å². The summed E-state index contributed by atoms with van der Waals surface area (Å²) >= 11 is 17.3. The van der Waals surface area contributed by atoms with E-state index in [1.54, 1.807) is 19.0 Å². The lowest BCUT2D eigenvalue weighted by Gasteiger charge is -2.16. The minimum atomic E-state index is -4.68. The number of benzene rings is 1. The highest BCUT2D eigenvalue weighted by Crippen LogP contribution is 2.37. The molecule has 0 amide bonds. The first-order valence-electron chi connectivity index (χ1n) is 8.35. The van der Waals surface area contributed by atoms with Gasteiger partial charge in [0, 0.05) is 38.8 Å². The van der Waals surface area contributed by atoms with E-state index in [0.29, 0.717) is 18.0 Å². The molecule has 0 aliphatic rings. The molecule has 2 aromatic rings. The van der Waals surface area contributed by atoms with Gasteiger partial charge < -0.3 is 19.1 Å². The smallest absolute Gasteiger partial charge is 0.417 e. The molecule has 0 atom stereocenters. The lowest BCUT2D eigenvalue weighted by molar-refractivity contribution is -0.138. The summed E-state index contributed by atoms with van der Waals surface area (Å²) in [6.07, 6.45) is -3.92. The van der Waals surface area contributed by atoms with Crippen LogP contribution >= 0.6 is 35.4 Å². The van der Waals surface area contributed by atoms with Crippen molar-refractivity contribution in [3.63, 3.8) is 0 Å². The molecule has 2 rings (SSSR count). The second kappa shape index (κ2) is 10.3. The Morgan fingerprint density at radius 2 is 1.70 bits per heavy atom. The molecule has 0 radical (unpaired) electrons. The van der Waals surface area contributed by atoms with E-state index in [4.69, 9.17) is 49.6 Å². The Morgan fingerprint density at radius 1 is 1.10 bits per heavy atom. The molecule has 12 heteroatoms. The van der Waals surface area contributed by atoms with Gasteiger partial charge in [0.05, 0.1) is 28.8 Å². The van der Waals surface area contributed by atoms with Gasteiger partial charge in [0.2, 0.25) is 5.88 Å². The van der Waals surface area contributed by atoms with Crippen molar-refractivity contribution >= 4 is 40.6 Å². The Balaban J connectivity index is 1.87. The molecule has 1 aromatic carbocycles. The van der Waals surface area contributed by atoms with Gasteiger partial charge in [-0.05, 0) is 18.3 Å². The highest BCUT2D eigenvalue weighted by atomic mass is 35.5. The number of alkyl halides is 3. The average Bonchev–Trinajstić information content (AvgIpc) is 2.63. The van der Waals surface area contributed by atoms with Crippen LogP contribution in [-0.2, 0) is 6.18 Å². The lowest BCUT2D eigenvalue weighted by Crippen LogP contribution is -2.24. The summed E-state index contributed by atoms with van der Waals surface area (Å²) in [7, 11) is 3.44. The van der Waals surface area contributed by atoms with Crippen LogP contribution < -0.4 is 14.2 Å². The van der Waals surface area contributed by atoms with E-state index in [9.17, 15) is 17.6 Å². The van der Waals surface area contributed by atoms with Crippen molar-refractivity contribution in [1.82, 2.24) is 9.88 Å². The van der Waals surface area contributed by atoms with Gasteiger partial charge in [-0.25, -0.2) is 9.37 Å². The largest absolute Gasteiger partial charge is 0.490 e. The van der Waals surface area contributed by atoms with Crippen LogP contribution in [-0.4, -0.2) is 42.4 Å². The third-order valence-electron chi connectivity index (χ3n) is 3.45. The maximum absolute atomic E-state index is 13.7. The zero-order valence-electron chi connectivity index (χ0n) is 15.7. The summed E-state index contributed by atoms with van der Waals surface area (Å²) in [4.78, 5) is 4.94. The molecular weight excluding hydrogens is 471 g/mol. The first kappa shape index (κ1) is 24.2. The maximum Gasteiger partial charge on any atom is 0.417 e. The Hall–Kier alpha value is -2.04. The first-order valence-corrected chi connectivity index (χ1v) is 9.52. The summed E-state index contributed by atoms with van der Waals surface area (Å²) in [5.74, 6) is -1.19. The first-order chi connectivity index (χ1) is 14.0. The van der Waals surface area contributed by atoms with Crippen LogP contribution in [0, 0.1) is 5.82 Å². The standard InChI is InChI=1S/C18H16Cl2F4N2O3S/c1-26(2)17(30)29-11-7-12(19)15(13(20)8-11)27-4-3-5-28-16-14(21)6-10(9-25-16)18(22,23)24/h6-9H,3-5H2,1-2H3. The quantitative estimate of drug-likeness (QED) is 0.287. The fraction of sp³-hybridized carbons (Fsp3) is 0.333. The number of nitrogens with zero attached hydrogens (tertiary/aromatic N) is 2.